The number of thiophene rings is 1. The molecular weight excluding hydrogens is 403 g/mol. The highest BCUT2D eigenvalue weighted by Gasteiger charge is 2.31. The fraction of sp³-hybridized carbons (Fsp3) is 0.316. The quantitative estimate of drug-likeness (QED) is 0.657. The molecule has 0 unspecified atom stereocenters. The van der Waals surface area contributed by atoms with E-state index in [0.29, 0.717) is 17.8 Å². The van der Waals surface area contributed by atoms with Gasteiger partial charge in [-0.25, -0.2) is 9.67 Å². The number of aromatic nitrogens is 3. The number of alkyl halides is 3. The van der Waals surface area contributed by atoms with Crippen molar-refractivity contribution in [3.8, 4) is 5.82 Å². The lowest BCUT2D eigenvalue weighted by atomic mass is 10.1. The van der Waals surface area contributed by atoms with Crippen LogP contribution in [0.5, 0.6) is 0 Å². The summed E-state index contributed by atoms with van der Waals surface area (Å²) in [6, 6.07) is 4.20. The predicted molar refractivity (Wildman–Crippen MR) is 104 cm³/mol. The fourth-order valence-corrected chi connectivity index (χ4v) is 3.60. The topological polar surface area (TPSA) is 63.1 Å². The van der Waals surface area contributed by atoms with Crippen LogP contribution in [0.25, 0.3) is 5.82 Å². The van der Waals surface area contributed by atoms with E-state index in [1.807, 2.05) is 35.8 Å². The molecule has 0 aliphatic rings. The first-order valence-corrected chi connectivity index (χ1v) is 9.67. The van der Waals surface area contributed by atoms with Gasteiger partial charge in [0, 0.05) is 12.7 Å². The van der Waals surface area contributed by atoms with E-state index in [2.05, 4.69) is 15.4 Å². The first-order chi connectivity index (χ1) is 13.7. The number of nitrogens with zero attached hydrogens (tertiary/aromatic N) is 4. The van der Waals surface area contributed by atoms with Crippen LogP contribution in [0.2, 0.25) is 0 Å². The van der Waals surface area contributed by atoms with Crippen LogP contribution < -0.4 is 5.32 Å². The lowest BCUT2D eigenvalue weighted by molar-refractivity contribution is -0.137. The van der Waals surface area contributed by atoms with E-state index in [1.54, 1.807) is 18.3 Å². The van der Waals surface area contributed by atoms with Gasteiger partial charge in [0.05, 0.1) is 29.1 Å². The maximum Gasteiger partial charge on any atom is 0.417 e. The van der Waals surface area contributed by atoms with Crippen molar-refractivity contribution in [1.82, 2.24) is 25.0 Å². The molecule has 29 heavy (non-hydrogen) atoms. The largest absolute Gasteiger partial charge is 0.417 e. The summed E-state index contributed by atoms with van der Waals surface area (Å²) in [5.74, 6) is -0.0956. The normalized spacial score (nSPS) is 12.9. The zero-order valence-corrected chi connectivity index (χ0v) is 16.9. The van der Waals surface area contributed by atoms with E-state index in [4.69, 9.17) is 0 Å². The summed E-state index contributed by atoms with van der Waals surface area (Å²) >= 11 is 1.59. The molecule has 0 radical (unpaired) electrons. The summed E-state index contributed by atoms with van der Waals surface area (Å²) in [5, 5.41) is 11.0. The first kappa shape index (κ1) is 21.0. The zero-order valence-electron chi connectivity index (χ0n) is 16.1. The van der Waals surface area contributed by atoms with Gasteiger partial charge in [-0.05, 0) is 55.5 Å². The first-order valence-electron chi connectivity index (χ1n) is 8.73. The fourth-order valence-electron chi connectivity index (χ4n) is 2.89. The van der Waals surface area contributed by atoms with Crippen LogP contribution >= 0.6 is 11.3 Å². The van der Waals surface area contributed by atoms with Crippen LogP contribution in [0.1, 0.15) is 33.2 Å². The lowest BCUT2D eigenvalue weighted by Gasteiger charge is -2.24. The molecule has 0 saturated heterocycles. The second-order valence-corrected chi connectivity index (χ2v) is 7.48. The average molecular weight is 423 g/mol. The summed E-state index contributed by atoms with van der Waals surface area (Å²) < 4.78 is 39.4. The van der Waals surface area contributed by atoms with Crippen molar-refractivity contribution in [2.24, 2.45) is 0 Å². The molecule has 0 saturated carbocycles. The van der Waals surface area contributed by atoms with Crippen LogP contribution in [-0.4, -0.2) is 46.2 Å². The Labute approximate surface area is 170 Å². The Hall–Kier alpha value is -2.72. The minimum absolute atomic E-state index is 0.0251. The predicted octanol–water partition coefficient (Wildman–Crippen LogP) is 3.69. The van der Waals surface area contributed by atoms with Gasteiger partial charge in [0.1, 0.15) is 0 Å². The monoisotopic (exact) mass is 423 g/mol. The number of pyridine rings is 1. The summed E-state index contributed by atoms with van der Waals surface area (Å²) in [5.41, 5.74) is 1.11. The SMILES string of the molecule is Cc1c(C(=O)NC[C@H](c2ccsc2)N(C)C)cnn1-c1ccc(C(F)(F)F)cn1. The number of halogens is 3. The van der Waals surface area contributed by atoms with E-state index in [9.17, 15) is 18.0 Å². The number of rotatable bonds is 6. The molecule has 1 N–H and O–H groups in total. The molecule has 3 heterocycles. The Balaban J connectivity index is 1.74. The Morgan fingerprint density at radius 3 is 2.59 bits per heavy atom. The average Bonchev–Trinajstić information content (AvgIpc) is 3.31. The van der Waals surface area contributed by atoms with Gasteiger partial charge >= 0.3 is 6.18 Å². The van der Waals surface area contributed by atoms with Gasteiger partial charge in [-0.3, -0.25) is 4.79 Å². The molecule has 0 spiro atoms. The van der Waals surface area contributed by atoms with Crippen LogP contribution in [0.3, 0.4) is 0 Å². The van der Waals surface area contributed by atoms with Crippen molar-refractivity contribution < 1.29 is 18.0 Å². The van der Waals surface area contributed by atoms with E-state index in [0.717, 1.165) is 17.8 Å². The summed E-state index contributed by atoms with van der Waals surface area (Å²) in [7, 11) is 3.88. The Morgan fingerprint density at radius 1 is 1.28 bits per heavy atom. The van der Waals surface area contributed by atoms with Crippen molar-refractivity contribution in [2.45, 2.75) is 19.1 Å². The highest BCUT2D eigenvalue weighted by atomic mass is 32.1. The highest BCUT2D eigenvalue weighted by Crippen LogP contribution is 2.29. The molecule has 6 nitrogen and oxygen atoms in total. The maximum absolute atomic E-state index is 12.7. The standard InChI is InChI=1S/C19H20F3N5OS/c1-12-15(18(28)24-10-16(26(2)3)13-6-7-29-11-13)9-25-27(12)17-5-4-14(8-23-17)19(20,21)22/h4-9,11,16H,10H2,1-3H3,(H,24,28)/t16-/m1/s1. The van der Waals surface area contributed by atoms with Crippen molar-refractivity contribution in [1.29, 1.82) is 0 Å². The van der Waals surface area contributed by atoms with Crippen LogP contribution in [0.4, 0.5) is 13.2 Å². The molecule has 0 aliphatic heterocycles. The Morgan fingerprint density at radius 2 is 2.03 bits per heavy atom. The van der Waals surface area contributed by atoms with Gasteiger partial charge in [-0.15, -0.1) is 0 Å². The summed E-state index contributed by atoms with van der Waals surface area (Å²) in [4.78, 5) is 18.5. The van der Waals surface area contributed by atoms with E-state index >= 15 is 0 Å². The van der Waals surface area contributed by atoms with Gasteiger partial charge in [0.25, 0.3) is 5.91 Å². The second kappa shape index (κ2) is 8.34. The number of amides is 1. The molecule has 1 amide bonds. The van der Waals surface area contributed by atoms with Crippen molar-refractivity contribution in [3.63, 3.8) is 0 Å². The van der Waals surface area contributed by atoms with Gasteiger partial charge in [-0.2, -0.15) is 29.6 Å². The van der Waals surface area contributed by atoms with E-state index in [1.165, 1.54) is 16.9 Å². The molecule has 0 fully saturated rings. The lowest BCUT2D eigenvalue weighted by Crippen LogP contribution is -2.34. The van der Waals surface area contributed by atoms with Crippen molar-refractivity contribution in [3.05, 3.63) is 63.7 Å². The molecule has 3 aromatic heterocycles. The molecule has 0 bridgehead atoms. The Kier molecular flexibility index (Phi) is 6.04. The maximum atomic E-state index is 12.7. The number of hydrogen-bond donors (Lipinski definition) is 1. The number of carbonyl (C=O) groups excluding carboxylic acids is 1. The van der Waals surface area contributed by atoms with Crippen molar-refractivity contribution >= 4 is 17.2 Å². The zero-order chi connectivity index (χ0) is 21.2. The van der Waals surface area contributed by atoms with E-state index in [-0.39, 0.29) is 17.8 Å². The van der Waals surface area contributed by atoms with Gasteiger partial charge in [0.2, 0.25) is 0 Å². The Bertz CT molecular complexity index is 965. The third kappa shape index (κ3) is 4.65. The summed E-state index contributed by atoms with van der Waals surface area (Å²) in [6.45, 7) is 2.08. The number of likely N-dealkylation sites (N-methyl/N-ethyl adjacent to an activating group) is 1. The minimum Gasteiger partial charge on any atom is -0.350 e. The van der Waals surface area contributed by atoms with Crippen molar-refractivity contribution in [2.75, 3.05) is 20.6 Å². The van der Waals surface area contributed by atoms with Crippen LogP contribution in [0, 0.1) is 6.92 Å². The second-order valence-electron chi connectivity index (χ2n) is 6.70. The molecule has 3 aromatic rings. The molecule has 0 aromatic carbocycles. The molecule has 10 heteroatoms. The minimum atomic E-state index is -4.46. The molecule has 154 valence electrons. The number of carbonyl (C=O) groups is 1. The van der Waals surface area contributed by atoms with Crippen LogP contribution in [0.15, 0.2) is 41.4 Å². The molecule has 0 aliphatic carbocycles. The molecular formula is C19H20F3N5OS. The molecule has 1 atom stereocenters. The smallest absolute Gasteiger partial charge is 0.350 e. The highest BCUT2D eigenvalue weighted by molar-refractivity contribution is 7.07. The van der Waals surface area contributed by atoms with Gasteiger partial charge < -0.3 is 10.2 Å². The van der Waals surface area contributed by atoms with Gasteiger partial charge in [-0.1, -0.05) is 0 Å². The van der Waals surface area contributed by atoms with Crippen LogP contribution in [-0.2, 0) is 6.18 Å². The number of hydrogen-bond acceptors (Lipinski definition) is 5. The summed E-state index contributed by atoms with van der Waals surface area (Å²) in [6.07, 6.45) is -2.32. The third-order valence-corrected chi connectivity index (χ3v) is 5.26. The number of nitrogens with one attached hydrogen (secondary N) is 1. The third-order valence-electron chi connectivity index (χ3n) is 4.55. The van der Waals surface area contributed by atoms with Gasteiger partial charge in [0.15, 0.2) is 5.82 Å². The van der Waals surface area contributed by atoms with E-state index < -0.39 is 11.7 Å². The molecule has 3 rings (SSSR count).